The first-order valence-corrected chi connectivity index (χ1v) is 13.3. The van der Waals surface area contributed by atoms with Crippen LogP contribution in [0, 0.1) is 5.82 Å². The zero-order valence-electron chi connectivity index (χ0n) is 18.5. The van der Waals surface area contributed by atoms with Gasteiger partial charge in [0, 0.05) is 34.8 Å². The summed E-state index contributed by atoms with van der Waals surface area (Å²) < 4.78 is 46.6. The lowest BCUT2D eigenvalue weighted by molar-refractivity contribution is -0.117. The summed E-state index contributed by atoms with van der Waals surface area (Å²) >= 11 is 1.40. The van der Waals surface area contributed by atoms with Gasteiger partial charge in [-0.25, -0.2) is 12.8 Å². The Balaban J connectivity index is 1.50. The summed E-state index contributed by atoms with van der Waals surface area (Å²) in [5, 5.41) is 4.60. The normalized spacial score (nSPS) is 19.1. The lowest BCUT2D eigenvalue weighted by Crippen LogP contribution is -2.40. The van der Waals surface area contributed by atoms with Gasteiger partial charge in [0.15, 0.2) is 0 Å². The summed E-state index contributed by atoms with van der Waals surface area (Å²) in [5.74, 6) is -1.35. The van der Waals surface area contributed by atoms with Crippen molar-refractivity contribution in [2.24, 2.45) is 0 Å². The van der Waals surface area contributed by atoms with Crippen molar-refractivity contribution >= 4 is 38.9 Å². The number of carbonyl (C=O) groups is 2. The number of hydrogen-bond acceptors (Lipinski definition) is 6. The number of anilines is 1. The lowest BCUT2D eigenvalue weighted by atomic mass is 10.0. The van der Waals surface area contributed by atoms with Crippen LogP contribution in [0.3, 0.4) is 0 Å². The number of fused-ring (bicyclic) bond motifs is 1. The van der Waals surface area contributed by atoms with E-state index in [-0.39, 0.29) is 30.1 Å². The topological polar surface area (TPSA) is 96.0 Å². The first-order chi connectivity index (χ1) is 16.8. The number of amides is 2. The monoisotopic (exact) mass is 515 g/mol. The molecule has 0 bridgehead atoms. The van der Waals surface area contributed by atoms with Gasteiger partial charge in [0.2, 0.25) is 15.9 Å². The molecule has 11 heteroatoms. The SMILES string of the molecule is O=C1CN(C(=O)c2ccc(S(=O)(=O)N3CCOCC3)cc2)C(c2cccs2)c2cc(F)ccc2N1. The molecule has 1 atom stereocenters. The molecule has 0 aliphatic carbocycles. The molecule has 8 nitrogen and oxygen atoms in total. The van der Waals surface area contributed by atoms with E-state index < -0.39 is 33.7 Å². The zero-order chi connectivity index (χ0) is 24.6. The molecular formula is C24H22FN3O5S2. The van der Waals surface area contributed by atoms with Crippen molar-refractivity contribution in [1.29, 1.82) is 0 Å². The zero-order valence-corrected chi connectivity index (χ0v) is 20.1. The Hall–Kier alpha value is -3.12. The Morgan fingerprint density at radius 1 is 1.09 bits per heavy atom. The van der Waals surface area contributed by atoms with Gasteiger partial charge < -0.3 is 15.0 Å². The fraction of sp³-hybridized carbons (Fsp3) is 0.250. The summed E-state index contributed by atoms with van der Waals surface area (Å²) in [4.78, 5) is 28.5. The second-order valence-corrected chi connectivity index (χ2v) is 11.1. The van der Waals surface area contributed by atoms with Crippen LogP contribution in [-0.4, -0.2) is 62.3 Å². The highest BCUT2D eigenvalue weighted by atomic mass is 32.2. The van der Waals surface area contributed by atoms with Gasteiger partial charge in [-0.3, -0.25) is 9.59 Å². The molecule has 0 spiro atoms. The highest BCUT2D eigenvalue weighted by Crippen LogP contribution is 2.38. The number of halogens is 1. The standard InChI is InChI=1S/C24H22FN3O5S2/c25-17-5-8-20-19(14-17)23(21-2-1-13-34-21)28(15-22(29)26-20)24(30)16-3-6-18(7-4-16)35(31,32)27-9-11-33-12-10-27/h1-8,13-14,23H,9-12,15H2,(H,26,29). The highest BCUT2D eigenvalue weighted by Gasteiger charge is 2.35. The maximum atomic E-state index is 14.2. The number of benzene rings is 2. The third kappa shape index (κ3) is 4.59. The van der Waals surface area contributed by atoms with Crippen LogP contribution in [-0.2, 0) is 19.6 Å². The largest absolute Gasteiger partial charge is 0.379 e. The van der Waals surface area contributed by atoms with E-state index >= 15 is 0 Å². The predicted octanol–water partition coefficient (Wildman–Crippen LogP) is 3.09. The molecule has 1 unspecified atom stereocenters. The van der Waals surface area contributed by atoms with Crippen LogP contribution in [0.2, 0.25) is 0 Å². The second-order valence-electron chi connectivity index (χ2n) is 8.17. The molecule has 2 amide bonds. The van der Waals surface area contributed by atoms with E-state index in [1.54, 1.807) is 0 Å². The summed E-state index contributed by atoms with van der Waals surface area (Å²) in [6, 6.07) is 12.7. The molecule has 0 saturated carbocycles. The minimum absolute atomic E-state index is 0.0757. The number of nitrogens with one attached hydrogen (secondary N) is 1. The van der Waals surface area contributed by atoms with Crippen LogP contribution in [0.4, 0.5) is 10.1 Å². The van der Waals surface area contributed by atoms with Gasteiger partial charge in [0.05, 0.1) is 24.2 Å². The molecule has 182 valence electrons. The fourth-order valence-electron chi connectivity index (χ4n) is 4.29. The number of morpholine rings is 1. The highest BCUT2D eigenvalue weighted by molar-refractivity contribution is 7.89. The number of ether oxygens (including phenoxy) is 1. The van der Waals surface area contributed by atoms with Gasteiger partial charge in [-0.05, 0) is 53.9 Å². The lowest BCUT2D eigenvalue weighted by Gasteiger charge is -2.29. The number of sulfonamides is 1. The Morgan fingerprint density at radius 3 is 2.51 bits per heavy atom. The average Bonchev–Trinajstić information content (AvgIpc) is 3.35. The molecule has 3 heterocycles. The van der Waals surface area contributed by atoms with Gasteiger partial charge in [-0.15, -0.1) is 11.3 Å². The maximum absolute atomic E-state index is 14.2. The van der Waals surface area contributed by atoms with E-state index in [0.717, 1.165) is 4.88 Å². The van der Waals surface area contributed by atoms with Gasteiger partial charge >= 0.3 is 0 Å². The molecule has 35 heavy (non-hydrogen) atoms. The molecule has 2 aromatic carbocycles. The van der Waals surface area contributed by atoms with Gasteiger partial charge in [0.25, 0.3) is 5.91 Å². The van der Waals surface area contributed by atoms with E-state index in [4.69, 9.17) is 4.74 Å². The minimum atomic E-state index is -3.71. The molecule has 2 aliphatic rings. The van der Waals surface area contributed by atoms with Crippen LogP contribution in [0.15, 0.2) is 64.9 Å². The third-order valence-corrected chi connectivity index (χ3v) is 8.83. The summed E-state index contributed by atoms with van der Waals surface area (Å²) in [6.07, 6.45) is 0. The summed E-state index contributed by atoms with van der Waals surface area (Å²) in [7, 11) is -3.71. The minimum Gasteiger partial charge on any atom is -0.379 e. The van der Waals surface area contributed by atoms with Crippen LogP contribution in [0.5, 0.6) is 0 Å². The van der Waals surface area contributed by atoms with Crippen molar-refractivity contribution < 1.29 is 27.1 Å². The Labute approximate surface area is 206 Å². The van der Waals surface area contributed by atoms with Gasteiger partial charge in [-0.2, -0.15) is 4.31 Å². The van der Waals surface area contributed by atoms with Crippen molar-refractivity contribution in [3.8, 4) is 0 Å². The van der Waals surface area contributed by atoms with E-state index in [1.165, 1.54) is 63.0 Å². The van der Waals surface area contributed by atoms with Crippen molar-refractivity contribution in [1.82, 2.24) is 9.21 Å². The first-order valence-electron chi connectivity index (χ1n) is 11.0. The van der Waals surface area contributed by atoms with E-state index in [2.05, 4.69) is 5.32 Å². The predicted molar refractivity (Wildman–Crippen MR) is 128 cm³/mol. The quantitative estimate of drug-likeness (QED) is 0.576. The number of carbonyl (C=O) groups excluding carboxylic acids is 2. The van der Waals surface area contributed by atoms with E-state index in [1.807, 2.05) is 17.5 Å². The second kappa shape index (κ2) is 9.50. The summed E-state index contributed by atoms with van der Waals surface area (Å²) in [5.41, 5.74) is 1.13. The van der Waals surface area contributed by atoms with Gasteiger partial charge in [-0.1, -0.05) is 6.07 Å². The maximum Gasteiger partial charge on any atom is 0.255 e. The van der Waals surface area contributed by atoms with Crippen LogP contribution in [0.1, 0.15) is 26.8 Å². The Morgan fingerprint density at radius 2 is 1.83 bits per heavy atom. The van der Waals surface area contributed by atoms with Crippen molar-refractivity contribution in [2.75, 3.05) is 38.2 Å². The molecule has 0 radical (unpaired) electrons. The Bertz CT molecular complexity index is 1350. The van der Waals surface area contributed by atoms with Crippen LogP contribution >= 0.6 is 11.3 Å². The first kappa shape index (κ1) is 23.6. The number of hydrogen-bond donors (Lipinski definition) is 1. The molecule has 5 rings (SSSR count). The summed E-state index contributed by atoms with van der Waals surface area (Å²) in [6.45, 7) is 0.957. The van der Waals surface area contributed by atoms with Crippen LogP contribution in [0.25, 0.3) is 0 Å². The number of rotatable bonds is 4. The van der Waals surface area contributed by atoms with E-state index in [0.29, 0.717) is 24.5 Å². The molecule has 1 fully saturated rings. The van der Waals surface area contributed by atoms with Crippen molar-refractivity contribution in [2.45, 2.75) is 10.9 Å². The fourth-order valence-corrected chi connectivity index (χ4v) is 6.55. The molecular weight excluding hydrogens is 493 g/mol. The third-order valence-electron chi connectivity index (χ3n) is 5.99. The van der Waals surface area contributed by atoms with Gasteiger partial charge in [0.1, 0.15) is 12.4 Å². The number of nitrogens with zero attached hydrogens (tertiary/aromatic N) is 2. The van der Waals surface area contributed by atoms with Crippen molar-refractivity contribution in [3.63, 3.8) is 0 Å². The average molecular weight is 516 g/mol. The molecule has 3 aromatic rings. The molecule has 1 N–H and O–H groups in total. The smallest absolute Gasteiger partial charge is 0.255 e. The Kier molecular flexibility index (Phi) is 6.41. The van der Waals surface area contributed by atoms with Crippen molar-refractivity contribution in [3.05, 3.63) is 81.8 Å². The van der Waals surface area contributed by atoms with Crippen LogP contribution < -0.4 is 5.32 Å². The molecule has 2 aliphatic heterocycles. The number of thiophene rings is 1. The molecule has 1 saturated heterocycles. The van der Waals surface area contributed by atoms with E-state index in [9.17, 15) is 22.4 Å². The molecule has 1 aromatic heterocycles.